The summed E-state index contributed by atoms with van der Waals surface area (Å²) < 4.78 is 4.79. The Labute approximate surface area is 131 Å². The molecule has 0 spiro atoms. The number of esters is 1. The van der Waals surface area contributed by atoms with Crippen LogP contribution < -0.4 is 5.48 Å². The van der Waals surface area contributed by atoms with Crippen molar-refractivity contribution in [2.24, 2.45) is 0 Å². The maximum absolute atomic E-state index is 10.4. The van der Waals surface area contributed by atoms with E-state index in [1.54, 1.807) is 0 Å². The molecule has 116 valence electrons. The average Bonchev–Trinajstić information content (AvgIpc) is 2.56. The van der Waals surface area contributed by atoms with Crippen LogP contribution in [-0.2, 0) is 27.6 Å². The van der Waals surface area contributed by atoms with Gasteiger partial charge in [0.2, 0.25) is 0 Å². The number of hydroxylamine groups is 1. The van der Waals surface area contributed by atoms with E-state index in [-0.39, 0.29) is 5.97 Å². The third-order valence-corrected chi connectivity index (χ3v) is 2.53. The van der Waals surface area contributed by atoms with Gasteiger partial charge in [-0.3, -0.25) is 15.1 Å². The first-order valence-electron chi connectivity index (χ1n) is 6.92. The third kappa shape index (κ3) is 8.55. The van der Waals surface area contributed by atoms with E-state index in [1.165, 1.54) is 13.1 Å². The van der Waals surface area contributed by atoms with Gasteiger partial charge in [0.15, 0.2) is 0 Å². The first-order valence-corrected chi connectivity index (χ1v) is 6.92. The first kappa shape index (κ1) is 17.5. The van der Waals surface area contributed by atoms with Gasteiger partial charge in [-0.25, -0.2) is 0 Å². The Balaban J connectivity index is 0.000000220. The summed E-state index contributed by atoms with van der Waals surface area (Å²) in [6.07, 6.45) is 1.50. The molecule has 2 aromatic carbocycles. The smallest absolute Gasteiger partial charge is 0.302 e. The zero-order chi connectivity index (χ0) is 16.0. The Morgan fingerprint density at radius 1 is 1.00 bits per heavy atom. The molecule has 0 aliphatic carbocycles. The lowest BCUT2D eigenvalue weighted by molar-refractivity contribution is -0.142. The molecule has 0 unspecified atom stereocenters. The van der Waals surface area contributed by atoms with Crippen molar-refractivity contribution in [2.75, 3.05) is 0 Å². The van der Waals surface area contributed by atoms with Gasteiger partial charge in [0.1, 0.15) is 6.61 Å². The normalized spacial score (nSPS) is 9.14. The highest BCUT2D eigenvalue weighted by atomic mass is 16.6. The predicted molar refractivity (Wildman–Crippen MR) is 86.5 cm³/mol. The van der Waals surface area contributed by atoms with Crippen LogP contribution in [0.4, 0.5) is 0 Å². The number of benzene rings is 2. The molecule has 0 heterocycles. The standard InChI is InChI=1S/C9H11NO.C9H10O2/c1-2-10-11-8-9-6-4-3-5-7-9;1-8(10)11-7-9-5-3-2-4-6-9/h2-7,10H,1,8H2;2-6H,7H2,1H3. The molecule has 1 N–H and O–H groups in total. The number of ether oxygens (including phenoxy) is 1. The maximum atomic E-state index is 10.4. The van der Waals surface area contributed by atoms with E-state index >= 15 is 0 Å². The fraction of sp³-hybridized carbons (Fsp3) is 0.167. The quantitative estimate of drug-likeness (QED) is 0.503. The summed E-state index contributed by atoms with van der Waals surface area (Å²) in [5.41, 5.74) is 4.72. The van der Waals surface area contributed by atoms with E-state index in [0.29, 0.717) is 13.2 Å². The number of carbonyl (C=O) groups excluding carboxylic acids is 1. The van der Waals surface area contributed by atoms with E-state index in [2.05, 4.69) is 12.1 Å². The zero-order valence-corrected chi connectivity index (χ0v) is 12.7. The van der Waals surface area contributed by atoms with Crippen LogP contribution in [0.2, 0.25) is 0 Å². The zero-order valence-electron chi connectivity index (χ0n) is 12.7. The van der Waals surface area contributed by atoms with E-state index in [4.69, 9.17) is 9.57 Å². The molecule has 0 aliphatic rings. The molecule has 0 amide bonds. The van der Waals surface area contributed by atoms with Crippen LogP contribution in [0.3, 0.4) is 0 Å². The Hall–Kier alpha value is -2.59. The minimum absolute atomic E-state index is 0.242. The van der Waals surface area contributed by atoms with Gasteiger partial charge in [0.25, 0.3) is 0 Å². The molecule has 0 bridgehead atoms. The molecule has 0 aliphatic heterocycles. The molecule has 0 aromatic heterocycles. The molecule has 0 saturated carbocycles. The molecule has 4 nitrogen and oxygen atoms in total. The van der Waals surface area contributed by atoms with Crippen LogP contribution in [0.1, 0.15) is 18.1 Å². The van der Waals surface area contributed by atoms with E-state index in [1.807, 2.05) is 60.7 Å². The molecule has 2 aromatic rings. The predicted octanol–water partition coefficient (Wildman–Crippen LogP) is 3.60. The summed E-state index contributed by atoms with van der Waals surface area (Å²) in [7, 11) is 0. The second-order valence-electron chi connectivity index (χ2n) is 4.36. The summed E-state index contributed by atoms with van der Waals surface area (Å²) in [4.78, 5) is 15.4. The molecular weight excluding hydrogens is 278 g/mol. The number of nitrogens with one attached hydrogen (secondary N) is 1. The van der Waals surface area contributed by atoms with Crippen molar-refractivity contribution < 1.29 is 14.4 Å². The van der Waals surface area contributed by atoms with Gasteiger partial charge < -0.3 is 4.74 Å². The Kier molecular flexibility index (Phi) is 8.82. The average molecular weight is 299 g/mol. The Morgan fingerprint density at radius 3 is 1.95 bits per heavy atom. The summed E-state index contributed by atoms with van der Waals surface area (Å²) in [6.45, 7) is 5.80. The maximum Gasteiger partial charge on any atom is 0.302 e. The van der Waals surface area contributed by atoms with Crippen molar-refractivity contribution in [3.05, 3.63) is 84.6 Å². The van der Waals surface area contributed by atoms with Crippen LogP contribution in [-0.4, -0.2) is 5.97 Å². The summed E-state index contributed by atoms with van der Waals surface area (Å²) >= 11 is 0. The van der Waals surface area contributed by atoms with Crippen LogP contribution in [0.15, 0.2) is 73.4 Å². The van der Waals surface area contributed by atoms with Gasteiger partial charge in [0, 0.05) is 13.1 Å². The fourth-order valence-corrected chi connectivity index (χ4v) is 1.52. The molecule has 0 fully saturated rings. The molecule has 0 radical (unpaired) electrons. The van der Waals surface area contributed by atoms with Crippen molar-refractivity contribution >= 4 is 5.97 Å². The van der Waals surface area contributed by atoms with Crippen molar-refractivity contribution in [1.82, 2.24) is 5.48 Å². The third-order valence-electron chi connectivity index (χ3n) is 2.53. The van der Waals surface area contributed by atoms with Gasteiger partial charge in [0.05, 0.1) is 6.61 Å². The van der Waals surface area contributed by atoms with Crippen molar-refractivity contribution in [2.45, 2.75) is 20.1 Å². The van der Waals surface area contributed by atoms with Gasteiger partial charge in [-0.2, -0.15) is 0 Å². The fourth-order valence-electron chi connectivity index (χ4n) is 1.52. The van der Waals surface area contributed by atoms with Crippen molar-refractivity contribution in [3.8, 4) is 0 Å². The van der Waals surface area contributed by atoms with Crippen molar-refractivity contribution in [3.63, 3.8) is 0 Å². The summed E-state index contributed by atoms with van der Waals surface area (Å²) in [5.74, 6) is -0.242. The Morgan fingerprint density at radius 2 is 1.50 bits per heavy atom. The molecule has 4 heteroatoms. The van der Waals surface area contributed by atoms with Gasteiger partial charge in [-0.1, -0.05) is 67.2 Å². The SMILES string of the molecule is C=CNOCc1ccccc1.CC(=O)OCc1ccccc1. The van der Waals surface area contributed by atoms with Crippen LogP contribution >= 0.6 is 0 Å². The monoisotopic (exact) mass is 299 g/mol. The van der Waals surface area contributed by atoms with Crippen LogP contribution in [0, 0.1) is 0 Å². The highest BCUT2D eigenvalue weighted by Gasteiger charge is 1.93. The van der Waals surface area contributed by atoms with E-state index in [9.17, 15) is 4.79 Å². The number of hydrogen-bond donors (Lipinski definition) is 1. The molecule has 22 heavy (non-hydrogen) atoms. The van der Waals surface area contributed by atoms with Gasteiger partial charge in [-0.15, -0.1) is 0 Å². The molecular formula is C18H21NO3. The molecule has 0 saturated heterocycles. The van der Waals surface area contributed by atoms with Crippen LogP contribution in [0.5, 0.6) is 0 Å². The van der Waals surface area contributed by atoms with E-state index < -0.39 is 0 Å². The second-order valence-corrected chi connectivity index (χ2v) is 4.36. The highest BCUT2D eigenvalue weighted by molar-refractivity contribution is 5.65. The molecule has 2 rings (SSSR count). The minimum atomic E-state index is -0.242. The first-order chi connectivity index (χ1) is 10.7. The van der Waals surface area contributed by atoms with Gasteiger partial charge in [-0.05, 0) is 11.1 Å². The minimum Gasteiger partial charge on any atom is -0.461 e. The lowest BCUT2D eigenvalue weighted by Crippen LogP contribution is -2.04. The highest BCUT2D eigenvalue weighted by Crippen LogP contribution is 2.00. The van der Waals surface area contributed by atoms with E-state index in [0.717, 1.165) is 11.1 Å². The number of carbonyl (C=O) groups is 1. The lowest BCUT2D eigenvalue weighted by Gasteiger charge is -2.00. The second kappa shape index (κ2) is 11.1. The number of hydrogen-bond acceptors (Lipinski definition) is 4. The van der Waals surface area contributed by atoms with Crippen molar-refractivity contribution in [1.29, 1.82) is 0 Å². The topological polar surface area (TPSA) is 47.6 Å². The number of rotatable bonds is 6. The summed E-state index contributed by atoms with van der Waals surface area (Å²) in [5, 5.41) is 0. The van der Waals surface area contributed by atoms with Crippen LogP contribution in [0.25, 0.3) is 0 Å². The summed E-state index contributed by atoms with van der Waals surface area (Å²) in [6, 6.07) is 19.5. The Bertz CT molecular complexity index is 541. The van der Waals surface area contributed by atoms with Gasteiger partial charge >= 0.3 is 5.97 Å². The largest absolute Gasteiger partial charge is 0.461 e. The molecule has 0 atom stereocenters. The lowest BCUT2D eigenvalue weighted by atomic mass is 10.2.